The fourth-order valence-electron chi connectivity index (χ4n) is 1.85. The first kappa shape index (κ1) is 14.5. The molecule has 0 aliphatic rings. The molecule has 0 saturated heterocycles. The molecule has 2 aromatic carbocycles. The number of hydrogen-bond donors (Lipinski definition) is 1. The molecule has 2 aromatic rings. The minimum Gasteiger partial charge on any atom is -0.457 e. The number of nitrogens with zero attached hydrogens (tertiary/aromatic N) is 1. The van der Waals surface area contributed by atoms with Gasteiger partial charge in [-0.3, -0.25) is 0 Å². The lowest BCUT2D eigenvalue weighted by Gasteiger charge is -2.09. The average Bonchev–Trinajstić information content (AvgIpc) is 2.48. The Balaban J connectivity index is 2.11. The van der Waals surface area contributed by atoms with Gasteiger partial charge in [0.25, 0.3) is 0 Å². The van der Waals surface area contributed by atoms with Gasteiger partial charge in [-0.05, 0) is 48.4 Å². The maximum Gasteiger partial charge on any atom is 0.341 e. The molecule has 0 aliphatic carbocycles. The van der Waals surface area contributed by atoms with Crippen molar-refractivity contribution in [1.29, 1.82) is 5.26 Å². The van der Waals surface area contributed by atoms with Crippen LogP contribution in [0, 0.1) is 24.1 Å². The monoisotopic (exact) mass is 284 g/mol. The van der Waals surface area contributed by atoms with Crippen molar-refractivity contribution in [3.8, 4) is 6.07 Å². The first-order valence-corrected chi connectivity index (χ1v) is 6.23. The smallest absolute Gasteiger partial charge is 0.341 e. The second-order valence-electron chi connectivity index (χ2n) is 4.57. The fourth-order valence-corrected chi connectivity index (χ4v) is 1.85. The van der Waals surface area contributed by atoms with E-state index in [9.17, 15) is 9.18 Å². The van der Waals surface area contributed by atoms with E-state index in [1.165, 1.54) is 12.1 Å². The number of rotatable bonds is 3. The molecule has 0 bridgehead atoms. The van der Waals surface area contributed by atoms with Gasteiger partial charge in [-0.2, -0.15) is 5.26 Å². The highest BCUT2D eigenvalue weighted by Crippen LogP contribution is 2.16. The minimum absolute atomic E-state index is 0.00458. The van der Waals surface area contributed by atoms with Gasteiger partial charge in [0.05, 0.1) is 17.2 Å². The summed E-state index contributed by atoms with van der Waals surface area (Å²) in [7, 11) is 0. The molecule has 0 aliphatic heterocycles. The van der Waals surface area contributed by atoms with E-state index in [0.717, 1.165) is 17.2 Å². The van der Waals surface area contributed by atoms with Crippen molar-refractivity contribution >= 4 is 11.7 Å². The Morgan fingerprint density at radius 3 is 2.76 bits per heavy atom. The largest absolute Gasteiger partial charge is 0.457 e. The number of nitriles is 1. The van der Waals surface area contributed by atoms with Gasteiger partial charge in [0, 0.05) is 5.69 Å². The summed E-state index contributed by atoms with van der Waals surface area (Å²) in [5.41, 5.74) is 7.74. The molecule has 4 nitrogen and oxygen atoms in total. The standard InChI is InChI=1S/C16H13FN2O2/c1-10-6-11(8-18)2-3-12(10)9-21-16(20)14-7-13(19)4-5-15(14)17/h2-7H,9,19H2,1H3. The van der Waals surface area contributed by atoms with Crippen molar-refractivity contribution in [3.05, 3.63) is 64.5 Å². The molecule has 2 rings (SSSR count). The molecule has 106 valence electrons. The third-order valence-corrected chi connectivity index (χ3v) is 3.04. The number of hydrogen-bond acceptors (Lipinski definition) is 4. The number of anilines is 1. The number of ether oxygens (including phenoxy) is 1. The number of halogens is 1. The Morgan fingerprint density at radius 1 is 1.33 bits per heavy atom. The zero-order chi connectivity index (χ0) is 15.4. The lowest BCUT2D eigenvalue weighted by molar-refractivity contribution is 0.0467. The van der Waals surface area contributed by atoms with Crippen molar-refractivity contribution in [1.82, 2.24) is 0 Å². The van der Waals surface area contributed by atoms with E-state index in [2.05, 4.69) is 0 Å². The summed E-state index contributed by atoms with van der Waals surface area (Å²) in [6.07, 6.45) is 0. The Hall–Kier alpha value is -2.87. The van der Waals surface area contributed by atoms with Crippen LogP contribution in [0.15, 0.2) is 36.4 Å². The van der Waals surface area contributed by atoms with Crippen LogP contribution in [0.3, 0.4) is 0 Å². The Bertz CT molecular complexity index is 736. The van der Waals surface area contributed by atoms with E-state index >= 15 is 0 Å². The normalized spacial score (nSPS) is 9.95. The van der Waals surface area contributed by atoms with E-state index < -0.39 is 11.8 Å². The molecule has 0 atom stereocenters. The summed E-state index contributed by atoms with van der Waals surface area (Å²) in [6.45, 7) is 1.82. The van der Waals surface area contributed by atoms with E-state index in [1.807, 2.05) is 13.0 Å². The highest BCUT2D eigenvalue weighted by molar-refractivity contribution is 5.90. The SMILES string of the molecule is Cc1cc(C#N)ccc1COC(=O)c1cc(N)ccc1F. The molecule has 0 fully saturated rings. The number of esters is 1. The molecule has 21 heavy (non-hydrogen) atoms. The van der Waals surface area contributed by atoms with Crippen LogP contribution in [-0.2, 0) is 11.3 Å². The molecular weight excluding hydrogens is 271 g/mol. The van der Waals surface area contributed by atoms with Crippen LogP contribution in [0.5, 0.6) is 0 Å². The van der Waals surface area contributed by atoms with Gasteiger partial charge in [0.15, 0.2) is 0 Å². The van der Waals surface area contributed by atoms with E-state index in [1.54, 1.807) is 18.2 Å². The highest BCUT2D eigenvalue weighted by atomic mass is 19.1. The number of nitrogen functional groups attached to an aromatic ring is 1. The second-order valence-corrected chi connectivity index (χ2v) is 4.57. The van der Waals surface area contributed by atoms with E-state index in [4.69, 9.17) is 15.7 Å². The summed E-state index contributed by atoms with van der Waals surface area (Å²) in [5, 5.41) is 8.79. The van der Waals surface area contributed by atoms with Crippen LogP contribution >= 0.6 is 0 Å². The second kappa shape index (κ2) is 6.06. The summed E-state index contributed by atoms with van der Waals surface area (Å²) in [5.74, 6) is -1.45. The molecule has 0 spiro atoms. The predicted molar refractivity (Wildman–Crippen MR) is 75.8 cm³/mol. The maximum atomic E-state index is 13.5. The summed E-state index contributed by atoms with van der Waals surface area (Å²) < 4.78 is 18.6. The molecule has 0 saturated carbocycles. The van der Waals surface area contributed by atoms with Gasteiger partial charge in [-0.1, -0.05) is 6.07 Å². The quantitative estimate of drug-likeness (QED) is 0.694. The van der Waals surface area contributed by atoms with E-state index in [-0.39, 0.29) is 17.9 Å². The van der Waals surface area contributed by atoms with Crippen molar-refractivity contribution in [2.24, 2.45) is 0 Å². The zero-order valence-corrected chi connectivity index (χ0v) is 11.4. The van der Waals surface area contributed by atoms with E-state index in [0.29, 0.717) is 5.56 Å². The maximum absolute atomic E-state index is 13.5. The molecule has 0 radical (unpaired) electrons. The zero-order valence-electron chi connectivity index (χ0n) is 11.4. The van der Waals surface area contributed by atoms with Gasteiger partial charge in [-0.15, -0.1) is 0 Å². The van der Waals surface area contributed by atoms with Crippen LogP contribution in [-0.4, -0.2) is 5.97 Å². The van der Waals surface area contributed by atoms with Crippen molar-refractivity contribution in [2.45, 2.75) is 13.5 Å². The van der Waals surface area contributed by atoms with Gasteiger partial charge >= 0.3 is 5.97 Å². The Morgan fingerprint density at radius 2 is 2.10 bits per heavy atom. The van der Waals surface area contributed by atoms with Gasteiger partial charge in [0.1, 0.15) is 12.4 Å². The van der Waals surface area contributed by atoms with Crippen molar-refractivity contribution in [2.75, 3.05) is 5.73 Å². The first-order chi connectivity index (χ1) is 10.0. The van der Waals surface area contributed by atoms with Crippen LogP contribution < -0.4 is 5.73 Å². The highest BCUT2D eigenvalue weighted by Gasteiger charge is 2.14. The third-order valence-electron chi connectivity index (χ3n) is 3.04. The van der Waals surface area contributed by atoms with Gasteiger partial charge in [0.2, 0.25) is 0 Å². The Kier molecular flexibility index (Phi) is 4.19. The first-order valence-electron chi connectivity index (χ1n) is 6.23. The number of carbonyl (C=O) groups is 1. The molecule has 0 heterocycles. The summed E-state index contributed by atoms with van der Waals surface area (Å²) in [6, 6.07) is 10.8. The fraction of sp³-hybridized carbons (Fsp3) is 0.125. The summed E-state index contributed by atoms with van der Waals surface area (Å²) >= 11 is 0. The average molecular weight is 284 g/mol. The lowest BCUT2D eigenvalue weighted by atomic mass is 10.1. The molecular formula is C16H13FN2O2. The Labute approximate surface area is 121 Å². The number of aryl methyl sites for hydroxylation is 1. The minimum atomic E-state index is -0.774. The number of carbonyl (C=O) groups excluding carboxylic acids is 1. The van der Waals surface area contributed by atoms with Crippen LogP contribution in [0.4, 0.5) is 10.1 Å². The molecule has 2 N–H and O–H groups in total. The summed E-state index contributed by atoms with van der Waals surface area (Å²) in [4.78, 5) is 11.9. The molecule has 0 amide bonds. The lowest BCUT2D eigenvalue weighted by Crippen LogP contribution is -2.09. The van der Waals surface area contributed by atoms with Crippen LogP contribution in [0.25, 0.3) is 0 Å². The van der Waals surface area contributed by atoms with Crippen LogP contribution in [0.1, 0.15) is 27.0 Å². The van der Waals surface area contributed by atoms with Gasteiger partial charge in [-0.25, -0.2) is 9.18 Å². The molecule has 0 unspecified atom stereocenters. The number of nitrogens with two attached hydrogens (primary N) is 1. The molecule has 0 aromatic heterocycles. The molecule has 5 heteroatoms. The van der Waals surface area contributed by atoms with Crippen molar-refractivity contribution < 1.29 is 13.9 Å². The number of benzene rings is 2. The van der Waals surface area contributed by atoms with Gasteiger partial charge < -0.3 is 10.5 Å². The van der Waals surface area contributed by atoms with Crippen molar-refractivity contribution in [3.63, 3.8) is 0 Å². The van der Waals surface area contributed by atoms with Crippen LogP contribution in [0.2, 0.25) is 0 Å². The topological polar surface area (TPSA) is 76.1 Å². The predicted octanol–water partition coefficient (Wildman–Crippen LogP) is 2.95. The third kappa shape index (κ3) is 3.37.